The molecule has 6 aliphatic rings. The molecular weight excluding hydrogens is 412 g/mol. The molecule has 4 heteroatoms. The van der Waals surface area contributed by atoms with Crippen molar-refractivity contribution in [2.45, 2.75) is 110 Å². The van der Waals surface area contributed by atoms with E-state index in [-0.39, 0.29) is 23.3 Å². The number of hydrogen-bond donors (Lipinski definition) is 0. The molecule has 2 saturated heterocycles. The van der Waals surface area contributed by atoms with E-state index in [1.807, 2.05) is 0 Å². The largest absolute Gasteiger partial charge is 0.462 e. The Morgan fingerprint density at radius 1 is 1.09 bits per heavy atom. The van der Waals surface area contributed by atoms with Crippen LogP contribution in [-0.4, -0.2) is 30.6 Å². The van der Waals surface area contributed by atoms with Gasteiger partial charge in [0.25, 0.3) is 0 Å². The average molecular weight is 457 g/mol. The van der Waals surface area contributed by atoms with Crippen molar-refractivity contribution in [3.05, 3.63) is 11.6 Å². The first kappa shape index (κ1) is 22.6. The predicted octanol–water partition coefficient (Wildman–Crippen LogP) is 6.28. The fraction of sp³-hybridized carbons (Fsp3) is 0.897. The molecule has 6 rings (SSSR count). The van der Waals surface area contributed by atoms with E-state index in [0.717, 1.165) is 50.0 Å². The standard InChI is InChI=1S/C29H44O4/c1-17-8-13-29(31-16-17)18(2)26-25(33-29)15-24-22-7-6-20-14-21(32-19(3)30)9-11-27(20,4)23(22)10-12-28(24,26)5/h6,17-18,21-26H,7-16H2,1-5H3/t17-,18+,21+,22-,23-,24+,25+,26+,27+,28+,29-/m1/s1. The minimum atomic E-state index is -0.312. The van der Waals surface area contributed by atoms with Gasteiger partial charge in [0, 0.05) is 25.7 Å². The van der Waals surface area contributed by atoms with Gasteiger partial charge < -0.3 is 14.2 Å². The maximum absolute atomic E-state index is 11.5. The summed E-state index contributed by atoms with van der Waals surface area (Å²) in [5, 5.41) is 0. The van der Waals surface area contributed by atoms with Crippen molar-refractivity contribution >= 4 is 5.97 Å². The van der Waals surface area contributed by atoms with Gasteiger partial charge in [-0.2, -0.15) is 0 Å². The van der Waals surface area contributed by atoms with E-state index >= 15 is 0 Å². The van der Waals surface area contributed by atoms with E-state index in [9.17, 15) is 4.79 Å². The number of carbonyl (C=O) groups excluding carboxylic acids is 1. The van der Waals surface area contributed by atoms with Crippen molar-refractivity contribution in [2.24, 2.45) is 46.3 Å². The summed E-state index contributed by atoms with van der Waals surface area (Å²) in [6.45, 7) is 12.3. The number of hydrogen-bond acceptors (Lipinski definition) is 4. The van der Waals surface area contributed by atoms with Gasteiger partial charge >= 0.3 is 5.97 Å². The van der Waals surface area contributed by atoms with Gasteiger partial charge in [-0.05, 0) is 85.4 Å². The summed E-state index contributed by atoms with van der Waals surface area (Å²) in [5.74, 6) is 3.64. The minimum absolute atomic E-state index is 0.0849. The maximum Gasteiger partial charge on any atom is 0.302 e. The van der Waals surface area contributed by atoms with Gasteiger partial charge in [0.2, 0.25) is 0 Å². The number of esters is 1. The Balaban J connectivity index is 1.24. The molecule has 0 N–H and O–H groups in total. The smallest absolute Gasteiger partial charge is 0.302 e. The molecule has 3 saturated carbocycles. The van der Waals surface area contributed by atoms with Crippen molar-refractivity contribution < 1.29 is 19.0 Å². The van der Waals surface area contributed by atoms with Crippen LogP contribution in [0, 0.1) is 46.3 Å². The highest BCUT2D eigenvalue weighted by Crippen LogP contribution is 2.70. The molecular formula is C29H44O4. The number of fused-ring (bicyclic) bond motifs is 7. The van der Waals surface area contributed by atoms with Crippen LogP contribution in [0.15, 0.2) is 11.6 Å². The quantitative estimate of drug-likeness (QED) is 0.344. The van der Waals surface area contributed by atoms with Crippen molar-refractivity contribution in [3.63, 3.8) is 0 Å². The van der Waals surface area contributed by atoms with Gasteiger partial charge in [-0.25, -0.2) is 0 Å². The fourth-order valence-corrected chi connectivity index (χ4v) is 9.98. The molecule has 0 unspecified atom stereocenters. The van der Waals surface area contributed by atoms with E-state index in [4.69, 9.17) is 14.2 Å². The lowest BCUT2D eigenvalue weighted by atomic mass is 9.47. The van der Waals surface area contributed by atoms with E-state index in [1.54, 1.807) is 12.5 Å². The van der Waals surface area contributed by atoms with Gasteiger partial charge in [-0.15, -0.1) is 0 Å². The molecule has 4 nitrogen and oxygen atoms in total. The van der Waals surface area contributed by atoms with Gasteiger partial charge in [0.1, 0.15) is 6.10 Å². The zero-order valence-electron chi connectivity index (χ0n) is 21.4. The molecule has 0 aromatic carbocycles. The summed E-state index contributed by atoms with van der Waals surface area (Å²) < 4.78 is 19.0. The van der Waals surface area contributed by atoms with Crippen LogP contribution in [0.25, 0.3) is 0 Å². The average Bonchev–Trinajstić information content (AvgIpc) is 3.21. The lowest BCUT2D eigenvalue weighted by Crippen LogP contribution is -2.52. The highest BCUT2D eigenvalue weighted by atomic mass is 16.7. The second-order valence-electron chi connectivity index (χ2n) is 13.3. The summed E-state index contributed by atoms with van der Waals surface area (Å²) >= 11 is 0. The molecule has 0 amide bonds. The molecule has 4 aliphatic carbocycles. The third kappa shape index (κ3) is 3.18. The monoisotopic (exact) mass is 456 g/mol. The third-order valence-electron chi connectivity index (χ3n) is 11.7. The van der Waals surface area contributed by atoms with Crippen LogP contribution in [-0.2, 0) is 19.0 Å². The lowest BCUT2D eigenvalue weighted by Gasteiger charge is -2.58. The SMILES string of the molecule is CC(=O)O[C@H]1CC[C@@]2(C)C(=CC[C@@H]3[C@H]2CC[C@]2(C)[C@@H]4[C@H](C[C@@H]32)O[C@]2(CC[C@@H](C)CO2)[C@H]4C)C1. The maximum atomic E-state index is 11.5. The molecule has 5 fully saturated rings. The van der Waals surface area contributed by atoms with E-state index in [2.05, 4.69) is 33.8 Å². The van der Waals surface area contributed by atoms with Gasteiger partial charge in [-0.1, -0.05) is 39.3 Å². The van der Waals surface area contributed by atoms with Gasteiger partial charge in [0.15, 0.2) is 5.79 Å². The van der Waals surface area contributed by atoms with Crippen LogP contribution < -0.4 is 0 Å². The topological polar surface area (TPSA) is 44.8 Å². The Bertz CT molecular complexity index is 841. The van der Waals surface area contributed by atoms with Crippen LogP contribution in [0.3, 0.4) is 0 Å². The molecule has 0 radical (unpaired) electrons. The van der Waals surface area contributed by atoms with Crippen LogP contribution in [0.1, 0.15) is 92.4 Å². The lowest BCUT2D eigenvalue weighted by molar-refractivity contribution is -0.272. The van der Waals surface area contributed by atoms with Crippen molar-refractivity contribution in [2.75, 3.05) is 6.61 Å². The summed E-state index contributed by atoms with van der Waals surface area (Å²) in [6, 6.07) is 0. The Morgan fingerprint density at radius 3 is 2.64 bits per heavy atom. The summed E-state index contributed by atoms with van der Waals surface area (Å²) in [7, 11) is 0. The normalized spacial score (nSPS) is 55.2. The highest BCUT2D eigenvalue weighted by Gasteiger charge is 2.68. The zero-order chi connectivity index (χ0) is 23.2. The Kier molecular flexibility index (Phi) is 5.18. The first-order valence-corrected chi connectivity index (χ1v) is 13.8. The van der Waals surface area contributed by atoms with Crippen LogP contribution in [0.2, 0.25) is 0 Å². The first-order valence-electron chi connectivity index (χ1n) is 13.8. The Labute approximate surface area is 200 Å². The number of allylic oxidation sites excluding steroid dienone is 1. The summed E-state index contributed by atoms with van der Waals surface area (Å²) in [4.78, 5) is 11.5. The molecule has 0 aromatic rings. The molecule has 2 heterocycles. The van der Waals surface area contributed by atoms with Crippen molar-refractivity contribution in [1.29, 1.82) is 0 Å². The first-order chi connectivity index (χ1) is 15.7. The van der Waals surface area contributed by atoms with Crippen LogP contribution >= 0.6 is 0 Å². The van der Waals surface area contributed by atoms with Crippen molar-refractivity contribution in [1.82, 2.24) is 0 Å². The third-order valence-corrected chi connectivity index (χ3v) is 11.7. The van der Waals surface area contributed by atoms with Gasteiger partial charge in [-0.3, -0.25) is 4.79 Å². The van der Waals surface area contributed by atoms with E-state index in [0.29, 0.717) is 29.3 Å². The molecule has 1 spiro atoms. The second kappa shape index (κ2) is 7.56. The van der Waals surface area contributed by atoms with Crippen molar-refractivity contribution in [3.8, 4) is 0 Å². The molecule has 11 atom stereocenters. The molecule has 0 bridgehead atoms. The number of rotatable bonds is 1. The second-order valence-corrected chi connectivity index (χ2v) is 13.3. The molecule has 0 aromatic heterocycles. The van der Waals surface area contributed by atoms with E-state index in [1.165, 1.54) is 32.1 Å². The Morgan fingerprint density at radius 2 is 1.91 bits per heavy atom. The Hall–Kier alpha value is -0.870. The fourth-order valence-electron chi connectivity index (χ4n) is 9.98. The van der Waals surface area contributed by atoms with Crippen LogP contribution in [0.5, 0.6) is 0 Å². The van der Waals surface area contributed by atoms with E-state index < -0.39 is 0 Å². The predicted molar refractivity (Wildman–Crippen MR) is 127 cm³/mol. The number of carbonyl (C=O) groups is 1. The minimum Gasteiger partial charge on any atom is -0.462 e. The zero-order valence-corrected chi connectivity index (χ0v) is 21.4. The summed E-state index contributed by atoms with van der Waals surface area (Å²) in [6.07, 6.45) is 13.6. The van der Waals surface area contributed by atoms with Gasteiger partial charge in [0.05, 0.1) is 12.7 Å². The number of ether oxygens (including phenoxy) is 3. The van der Waals surface area contributed by atoms with Crippen LogP contribution in [0.4, 0.5) is 0 Å². The highest BCUT2D eigenvalue weighted by molar-refractivity contribution is 5.66. The molecule has 2 aliphatic heterocycles. The molecule has 33 heavy (non-hydrogen) atoms. The summed E-state index contributed by atoms with van der Waals surface area (Å²) in [5.41, 5.74) is 2.24. The molecule has 184 valence electrons.